The highest BCUT2D eigenvalue weighted by Gasteiger charge is 2.23. The highest BCUT2D eigenvalue weighted by atomic mass is 32.1. The minimum absolute atomic E-state index is 0.713. The van der Waals surface area contributed by atoms with Gasteiger partial charge >= 0.3 is 11.9 Å². The molecule has 0 bridgehead atoms. The van der Waals surface area contributed by atoms with Gasteiger partial charge in [0.1, 0.15) is 0 Å². The topological polar surface area (TPSA) is 52.6 Å². The van der Waals surface area contributed by atoms with Crippen molar-refractivity contribution in [1.82, 2.24) is 0 Å². The molecule has 4 nitrogen and oxygen atoms in total. The molecule has 58 valence electrons. The van der Waals surface area contributed by atoms with Crippen molar-refractivity contribution in [2.24, 2.45) is 0 Å². The maximum atomic E-state index is 10.5. The second-order valence-electron chi connectivity index (χ2n) is 1.45. The first-order valence-corrected chi connectivity index (χ1v) is 2.98. The van der Waals surface area contributed by atoms with Gasteiger partial charge in [0.25, 0.3) is 0 Å². The second-order valence-corrected chi connectivity index (χ2v) is 1.97. The van der Waals surface area contributed by atoms with E-state index in [0.29, 0.717) is 0 Å². The van der Waals surface area contributed by atoms with Crippen molar-refractivity contribution in [3.8, 4) is 0 Å². The monoisotopic (exact) mass is 164 g/mol. The summed E-state index contributed by atoms with van der Waals surface area (Å²) in [6.07, 6.45) is 0. The van der Waals surface area contributed by atoms with Crippen LogP contribution in [0.5, 0.6) is 0 Å². The van der Waals surface area contributed by atoms with Crippen molar-refractivity contribution in [2.45, 2.75) is 5.25 Å². The molecular weight excluding hydrogens is 156 g/mol. The zero-order valence-electron chi connectivity index (χ0n) is 5.66. The molecule has 0 aromatic heterocycles. The summed E-state index contributed by atoms with van der Waals surface area (Å²) in [5.41, 5.74) is 0. The van der Waals surface area contributed by atoms with Crippen molar-refractivity contribution in [3.05, 3.63) is 0 Å². The van der Waals surface area contributed by atoms with Crippen LogP contribution in [-0.4, -0.2) is 31.4 Å². The molecule has 0 saturated heterocycles. The highest BCUT2D eigenvalue weighted by Crippen LogP contribution is 1.98. The Morgan fingerprint density at radius 1 is 1.20 bits per heavy atom. The number of thiol groups is 1. The molecule has 10 heavy (non-hydrogen) atoms. The molecule has 0 atom stereocenters. The Bertz CT molecular complexity index is 129. The van der Waals surface area contributed by atoms with Crippen molar-refractivity contribution in [2.75, 3.05) is 14.2 Å². The predicted molar refractivity (Wildman–Crippen MR) is 36.8 cm³/mol. The first kappa shape index (κ1) is 9.29. The van der Waals surface area contributed by atoms with Crippen molar-refractivity contribution in [1.29, 1.82) is 0 Å². The van der Waals surface area contributed by atoms with E-state index in [1.54, 1.807) is 0 Å². The Balaban J connectivity index is 3.94. The van der Waals surface area contributed by atoms with E-state index in [-0.39, 0.29) is 0 Å². The van der Waals surface area contributed by atoms with E-state index < -0.39 is 17.2 Å². The minimum atomic E-state index is -1.13. The Labute approximate surface area is 63.9 Å². The summed E-state index contributed by atoms with van der Waals surface area (Å²) < 4.78 is 8.44. The lowest BCUT2D eigenvalue weighted by Crippen LogP contribution is -2.26. The molecule has 0 amide bonds. The molecule has 0 aromatic carbocycles. The normalized spacial score (nSPS) is 9.20. The molecule has 0 spiro atoms. The number of carbonyl (C=O) groups excluding carboxylic acids is 2. The summed E-state index contributed by atoms with van der Waals surface area (Å²) >= 11 is 3.63. The number of ether oxygens (including phenoxy) is 2. The van der Waals surface area contributed by atoms with Crippen molar-refractivity contribution >= 4 is 24.6 Å². The van der Waals surface area contributed by atoms with E-state index in [9.17, 15) is 9.59 Å². The van der Waals surface area contributed by atoms with Crippen LogP contribution in [0.4, 0.5) is 0 Å². The van der Waals surface area contributed by atoms with Gasteiger partial charge in [-0.25, -0.2) is 0 Å². The lowest BCUT2D eigenvalue weighted by Gasteiger charge is -2.04. The molecule has 0 heterocycles. The Morgan fingerprint density at radius 2 is 1.50 bits per heavy atom. The predicted octanol–water partition coefficient (Wildman–Crippen LogP) is -0.369. The number of esters is 2. The van der Waals surface area contributed by atoms with Crippen LogP contribution in [-0.2, 0) is 19.1 Å². The Morgan fingerprint density at radius 3 is 1.70 bits per heavy atom. The van der Waals surface area contributed by atoms with Gasteiger partial charge in [-0.05, 0) is 0 Å². The summed E-state index contributed by atoms with van der Waals surface area (Å²) in [5.74, 6) is -1.43. The number of methoxy groups -OCH3 is 2. The SMILES string of the molecule is COC(=O)C(S)C(=O)OC. The minimum Gasteiger partial charge on any atom is -0.468 e. The third kappa shape index (κ3) is 2.26. The molecule has 0 fully saturated rings. The molecule has 0 aliphatic carbocycles. The third-order valence-electron chi connectivity index (χ3n) is 0.849. The van der Waals surface area contributed by atoms with Crippen molar-refractivity contribution in [3.63, 3.8) is 0 Å². The van der Waals surface area contributed by atoms with Gasteiger partial charge in [0.2, 0.25) is 0 Å². The van der Waals surface area contributed by atoms with Crippen LogP contribution in [0.2, 0.25) is 0 Å². The van der Waals surface area contributed by atoms with Crippen molar-refractivity contribution < 1.29 is 19.1 Å². The number of hydrogen-bond donors (Lipinski definition) is 1. The molecule has 0 aliphatic heterocycles. The van der Waals surface area contributed by atoms with Gasteiger partial charge in [-0.2, -0.15) is 12.6 Å². The number of hydrogen-bond acceptors (Lipinski definition) is 5. The summed E-state index contributed by atoms with van der Waals surface area (Å²) in [6, 6.07) is 0. The summed E-state index contributed by atoms with van der Waals surface area (Å²) in [6.45, 7) is 0. The van der Waals surface area contributed by atoms with Gasteiger partial charge in [-0.15, -0.1) is 0 Å². The first-order chi connectivity index (χ1) is 4.63. The molecule has 5 heteroatoms. The van der Waals surface area contributed by atoms with E-state index in [1.165, 1.54) is 14.2 Å². The van der Waals surface area contributed by atoms with Crippen LogP contribution >= 0.6 is 12.6 Å². The third-order valence-corrected chi connectivity index (χ3v) is 1.27. The Hall–Kier alpha value is -0.710. The average molecular weight is 164 g/mol. The molecule has 0 rings (SSSR count). The fourth-order valence-electron chi connectivity index (χ4n) is 0.319. The number of carbonyl (C=O) groups is 2. The largest absolute Gasteiger partial charge is 0.468 e. The zero-order valence-corrected chi connectivity index (χ0v) is 6.55. The lowest BCUT2D eigenvalue weighted by molar-refractivity contribution is -0.150. The van der Waals surface area contributed by atoms with Crippen LogP contribution < -0.4 is 0 Å². The lowest BCUT2D eigenvalue weighted by atomic mass is 10.4. The van der Waals surface area contributed by atoms with E-state index in [4.69, 9.17) is 0 Å². The summed E-state index contributed by atoms with van der Waals surface area (Å²) in [4.78, 5) is 21.0. The van der Waals surface area contributed by atoms with Crippen LogP contribution in [0, 0.1) is 0 Å². The van der Waals surface area contributed by atoms with Crippen LogP contribution in [0.3, 0.4) is 0 Å². The molecule has 0 N–H and O–H groups in total. The maximum absolute atomic E-state index is 10.5. The quantitative estimate of drug-likeness (QED) is 0.344. The van der Waals surface area contributed by atoms with Crippen LogP contribution in [0.25, 0.3) is 0 Å². The smallest absolute Gasteiger partial charge is 0.330 e. The van der Waals surface area contributed by atoms with Crippen LogP contribution in [0.15, 0.2) is 0 Å². The van der Waals surface area contributed by atoms with Gasteiger partial charge in [0.15, 0.2) is 5.25 Å². The highest BCUT2D eigenvalue weighted by molar-refractivity contribution is 7.82. The van der Waals surface area contributed by atoms with Gasteiger partial charge < -0.3 is 9.47 Å². The molecular formula is C5H8O4S. The fraction of sp³-hybridized carbons (Fsp3) is 0.600. The maximum Gasteiger partial charge on any atom is 0.330 e. The van der Waals surface area contributed by atoms with E-state index in [2.05, 4.69) is 22.1 Å². The molecule has 0 aromatic rings. The van der Waals surface area contributed by atoms with Crippen LogP contribution in [0.1, 0.15) is 0 Å². The molecule has 0 unspecified atom stereocenters. The van der Waals surface area contributed by atoms with E-state index in [1.807, 2.05) is 0 Å². The van der Waals surface area contributed by atoms with E-state index >= 15 is 0 Å². The second kappa shape index (κ2) is 4.16. The van der Waals surface area contributed by atoms with Gasteiger partial charge in [0.05, 0.1) is 14.2 Å². The van der Waals surface area contributed by atoms with Gasteiger partial charge in [0, 0.05) is 0 Å². The average Bonchev–Trinajstić information content (AvgIpc) is 2.00. The Kier molecular flexibility index (Phi) is 3.87. The molecule has 0 saturated carbocycles. The molecule has 0 radical (unpaired) electrons. The molecule has 0 aliphatic rings. The zero-order chi connectivity index (χ0) is 8.15. The van der Waals surface area contributed by atoms with E-state index in [0.717, 1.165) is 0 Å². The first-order valence-electron chi connectivity index (χ1n) is 2.47. The summed E-state index contributed by atoms with van der Waals surface area (Å²) in [5, 5.41) is -1.13. The van der Waals surface area contributed by atoms with Gasteiger partial charge in [-0.1, -0.05) is 0 Å². The standard InChI is InChI=1S/C5H8O4S/c1-8-4(6)3(10)5(7)9-2/h3,10H,1-2H3. The van der Waals surface area contributed by atoms with Gasteiger partial charge in [-0.3, -0.25) is 9.59 Å². The fourth-order valence-corrected chi connectivity index (χ4v) is 0.530. The summed E-state index contributed by atoms with van der Waals surface area (Å²) in [7, 11) is 2.35. The number of rotatable bonds is 2.